The van der Waals surface area contributed by atoms with Crippen molar-refractivity contribution >= 4 is 22.4 Å². The Morgan fingerprint density at radius 2 is 1.94 bits per heavy atom. The predicted molar refractivity (Wildman–Crippen MR) is 118 cm³/mol. The van der Waals surface area contributed by atoms with Crippen molar-refractivity contribution < 1.29 is 37.7 Å². The summed E-state index contributed by atoms with van der Waals surface area (Å²) in [5, 5.41) is 0.327. The lowest BCUT2D eigenvalue weighted by molar-refractivity contribution is -0.683. The van der Waals surface area contributed by atoms with Crippen molar-refractivity contribution in [3.05, 3.63) is 69.5 Å². The zero-order valence-electron chi connectivity index (χ0n) is 18.2. The second kappa shape index (κ2) is 9.29. The number of benzene rings is 1. The average molecular weight is 547 g/mol. The van der Waals surface area contributed by atoms with Crippen molar-refractivity contribution in [3.63, 3.8) is 0 Å². The van der Waals surface area contributed by atoms with Crippen molar-refractivity contribution in [2.24, 2.45) is 0 Å². The number of rotatable bonds is 4. The number of ketones is 1. The molecule has 0 radical (unpaired) electrons. The molecule has 0 unspecified atom stereocenters. The van der Waals surface area contributed by atoms with Gasteiger partial charge in [-0.15, -0.1) is 0 Å². The van der Waals surface area contributed by atoms with Crippen LogP contribution in [0.1, 0.15) is 47.2 Å². The summed E-state index contributed by atoms with van der Waals surface area (Å²) in [7, 11) is 0. The molecule has 5 rings (SSSR count). The van der Waals surface area contributed by atoms with Crippen LogP contribution in [0.5, 0.6) is 0 Å². The average Bonchev–Trinajstić information content (AvgIpc) is 2.76. The van der Waals surface area contributed by atoms with Gasteiger partial charge in [0, 0.05) is 48.4 Å². The van der Waals surface area contributed by atoms with Crippen molar-refractivity contribution in [3.8, 4) is 0 Å². The Bertz CT molecular complexity index is 1250. The van der Waals surface area contributed by atoms with Crippen LogP contribution in [0.2, 0.25) is 0 Å². The molecule has 1 fully saturated rings. The van der Waals surface area contributed by atoms with Gasteiger partial charge >= 0.3 is 0 Å². The maximum Gasteiger partial charge on any atom is 0.232 e. The smallest absolute Gasteiger partial charge is 0.232 e. The first kappa shape index (κ1) is 22.9. The molecular weight excluding hydrogens is 520 g/mol. The van der Waals surface area contributed by atoms with Crippen LogP contribution >= 0.6 is 0 Å². The number of hydrogen-bond donors (Lipinski definition) is 0. The summed E-state index contributed by atoms with van der Waals surface area (Å²) in [6, 6.07) is 5.20. The van der Waals surface area contributed by atoms with Crippen LogP contribution < -0.4 is 38.9 Å². The molecule has 0 saturated carbocycles. The van der Waals surface area contributed by atoms with Crippen molar-refractivity contribution in [1.82, 2.24) is 4.57 Å². The van der Waals surface area contributed by atoms with Crippen LogP contribution in [0.25, 0.3) is 10.9 Å². The minimum absolute atomic E-state index is 0. The maximum atomic E-state index is 15.3. The van der Waals surface area contributed by atoms with Crippen molar-refractivity contribution in [2.75, 3.05) is 18.0 Å². The van der Waals surface area contributed by atoms with Crippen LogP contribution in [-0.2, 0) is 19.5 Å². The number of nitrogens with zero attached hydrogens (tertiary/aromatic N) is 3. The number of aryl methyl sites for hydroxylation is 3. The first-order chi connectivity index (χ1) is 15.0. The number of anilines is 1. The zero-order chi connectivity index (χ0) is 21.5. The van der Waals surface area contributed by atoms with Crippen LogP contribution in [-0.4, -0.2) is 23.4 Å². The molecule has 0 N–H and O–H groups in total. The molecule has 1 saturated heterocycles. The molecule has 2 aliphatic heterocycles. The first-order valence-electron chi connectivity index (χ1n) is 11.2. The molecule has 0 atom stereocenters. The predicted octanol–water partition coefficient (Wildman–Crippen LogP) is 0.560. The maximum absolute atomic E-state index is 15.3. The number of piperidine rings is 1. The molecule has 5 nitrogen and oxygen atoms in total. The summed E-state index contributed by atoms with van der Waals surface area (Å²) in [4.78, 5) is 28.5. The highest BCUT2D eigenvalue weighted by Gasteiger charge is 2.27. The van der Waals surface area contributed by atoms with Gasteiger partial charge in [-0.3, -0.25) is 9.59 Å². The zero-order valence-corrected chi connectivity index (χ0v) is 20.4. The Labute approximate surface area is 203 Å². The third kappa shape index (κ3) is 4.07. The normalized spacial score (nSPS) is 15.5. The van der Waals surface area contributed by atoms with E-state index in [0.717, 1.165) is 62.0 Å². The summed E-state index contributed by atoms with van der Waals surface area (Å²) in [6.07, 6.45) is 10.3. The summed E-state index contributed by atoms with van der Waals surface area (Å²) >= 11 is 0. The molecule has 2 aliphatic rings. The van der Waals surface area contributed by atoms with E-state index < -0.39 is 0 Å². The van der Waals surface area contributed by atoms with Crippen LogP contribution in [0, 0.1) is 12.7 Å². The third-order valence-electron chi connectivity index (χ3n) is 6.52. The largest absolute Gasteiger partial charge is 1.00 e. The Hall–Kier alpha value is -2.29. The lowest BCUT2D eigenvalue weighted by Gasteiger charge is -2.33. The van der Waals surface area contributed by atoms with Gasteiger partial charge in [-0.2, -0.15) is 4.57 Å². The fraction of sp³-hybridized carbons (Fsp3) is 0.400. The summed E-state index contributed by atoms with van der Waals surface area (Å²) in [5.41, 5.74) is 3.20. The van der Waals surface area contributed by atoms with Gasteiger partial charge < -0.3 is 33.4 Å². The standard InChI is InChI=1S/C25H27FN3O2.HI/c1-17-7-5-9-27(14-17)16-22(30)20-15-29-12-6-8-18-23(29)19(25(20)31)13-21(26)24(18)28-10-3-2-4-11-28;/h5,7,9,13-15H,2-4,6,8,10-12,16H2,1H3;1H/q+1;/p-1. The van der Waals surface area contributed by atoms with E-state index >= 15 is 4.39 Å². The lowest BCUT2D eigenvalue weighted by atomic mass is 9.95. The SMILES string of the molecule is Cc1ccc[n+](CC(=O)c2cn3c4c(c(N5CCCCC5)c(F)cc4c2=O)CCC3)c1.[I-]. The van der Waals surface area contributed by atoms with Gasteiger partial charge in [-0.05, 0) is 51.2 Å². The molecule has 4 heterocycles. The fourth-order valence-electron chi connectivity index (χ4n) is 5.11. The monoisotopic (exact) mass is 547 g/mol. The fourth-order valence-corrected chi connectivity index (χ4v) is 5.11. The minimum atomic E-state index is -0.364. The molecule has 32 heavy (non-hydrogen) atoms. The van der Waals surface area contributed by atoms with Gasteiger partial charge in [0.15, 0.2) is 12.4 Å². The second-order valence-electron chi connectivity index (χ2n) is 8.78. The van der Waals surface area contributed by atoms with Crippen molar-refractivity contribution in [1.29, 1.82) is 0 Å². The molecule has 1 aromatic carbocycles. The van der Waals surface area contributed by atoms with E-state index in [-0.39, 0.29) is 53.1 Å². The molecule has 3 aromatic rings. The Morgan fingerprint density at radius 3 is 2.69 bits per heavy atom. The topological polar surface area (TPSA) is 46.2 Å². The van der Waals surface area contributed by atoms with E-state index in [2.05, 4.69) is 4.90 Å². The first-order valence-corrected chi connectivity index (χ1v) is 11.2. The second-order valence-corrected chi connectivity index (χ2v) is 8.78. The van der Waals surface area contributed by atoms with Crippen LogP contribution in [0.15, 0.2) is 41.6 Å². The van der Waals surface area contributed by atoms with Crippen molar-refractivity contribution in [2.45, 2.75) is 52.1 Å². The third-order valence-corrected chi connectivity index (χ3v) is 6.52. The van der Waals surface area contributed by atoms with Gasteiger partial charge in [0.1, 0.15) is 5.82 Å². The number of halogens is 2. The molecule has 7 heteroatoms. The Balaban J connectivity index is 0.00000245. The molecule has 0 spiro atoms. The minimum Gasteiger partial charge on any atom is -1.00 e. The number of hydrogen-bond acceptors (Lipinski definition) is 3. The molecular formula is C25H27FIN3O2. The van der Waals surface area contributed by atoms with Gasteiger partial charge in [0.25, 0.3) is 0 Å². The van der Waals surface area contributed by atoms with E-state index in [1.165, 1.54) is 12.5 Å². The number of Topliss-reactive ketones (excluding diaryl/α,β-unsaturated/α-hetero) is 1. The number of carbonyl (C=O) groups is 1. The quantitative estimate of drug-likeness (QED) is 0.273. The molecule has 0 amide bonds. The molecule has 0 bridgehead atoms. The summed E-state index contributed by atoms with van der Waals surface area (Å²) in [5.74, 6) is -0.591. The van der Waals surface area contributed by atoms with Gasteiger partial charge in [0.2, 0.25) is 17.8 Å². The Morgan fingerprint density at radius 1 is 1.16 bits per heavy atom. The highest BCUT2D eigenvalue weighted by Crippen LogP contribution is 2.36. The number of carbonyl (C=O) groups excluding carboxylic acids is 1. The van der Waals surface area contributed by atoms with Crippen LogP contribution in [0.4, 0.5) is 10.1 Å². The Kier molecular flexibility index (Phi) is 6.65. The summed E-state index contributed by atoms with van der Waals surface area (Å²) < 4.78 is 19.1. The van der Waals surface area contributed by atoms with Gasteiger partial charge in [-0.1, -0.05) is 0 Å². The van der Waals surface area contributed by atoms with E-state index in [4.69, 9.17) is 0 Å². The molecule has 2 aromatic heterocycles. The van der Waals surface area contributed by atoms with E-state index in [9.17, 15) is 9.59 Å². The summed E-state index contributed by atoms with van der Waals surface area (Å²) in [6.45, 7) is 4.48. The van der Waals surface area contributed by atoms with E-state index in [0.29, 0.717) is 11.1 Å². The van der Waals surface area contributed by atoms with Gasteiger partial charge in [0.05, 0.1) is 16.8 Å². The number of aromatic nitrogens is 2. The van der Waals surface area contributed by atoms with E-state index in [1.807, 2.05) is 36.0 Å². The van der Waals surface area contributed by atoms with Crippen LogP contribution in [0.3, 0.4) is 0 Å². The highest BCUT2D eigenvalue weighted by molar-refractivity contribution is 5.99. The van der Waals surface area contributed by atoms with Gasteiger partial charge in [-0.25, -0.2) is 4.39 Å². The lowest BCUT2D eigenvalue weighted by Crippen LogP contribution is -3.00. The molecule has 168 valence electrons. The molecule has 0 aliphatic carbocycles. The van der Waals surface area contributed by atoms with E-state index in [1.54, 1.807) is 10.8 Å². The highest BCUT2D eigenvalue weighted by atomic mass is 127. The number of pyridine rings is 2.